The van der Waals surface area contributed by atoms with E-state index in [0.717, 1.165) is 16.2 Å². The highest BCUT2D eigenvalue weighted by atomic mass is 35.5. The molecule has 0 atom stereocenters. The number of imidazole rings is 1. The quantitative estimate of drug-likeness (QED) is 0.545. The van der Waals surface area contributed by atoms with Crippen LogP contribution < -0.4 is 5.32 Å². The molecular weight excluding hydrogens is 374 g/mol. The maximum absolute atomic E-state index is 12.2. The number of hydrogen-bond acceptors (Lipinski definition) is 6. The summed E-state index contributed by atoms with van der Waals surface area (Å²) in [4.78, 5) is 17.2. The van der Waals surface area contributed by atoms with Crippen molar-refractivity contribution in [3.8, 4) is 5.69 Å². The van der Waals surface area contributed by atoms with Crippen molar-refractivity contribution in [1.29, 1.82) is 0 Å². The van der Waals surface area contributed by atoms with Crippen LogP contribution in [-0.4, -0.2) is 35.5 Å². The van der Waals surface area contributed by atoms with Crippen LogP contribution in [-0.2, 0) is 4.79 Å². The van der Waals surface area contributed by atoms with E-state index in [1.165, 1.54) is 23.7 Å². The molecule has 0 bridgehead atoms. The average Bonchev–Trinajstić information content (AvgIpc) is 3.31. The SMILES string of the molecule is Cc1cc(NC(=O)/C=C/c2c(Cl)nc3sccn23)ccc1-n1cnnn1. The Bertz CT molecular complexity index is 1110. The number of nitrogens with one attached hydrogen (secondary N) is 1. The minimum Gasteiger partial charge on any atom is -0.323 e. The normalized spacial score (nSPS) is 11.5. The van der Waals surface area contributed by atoms with Gasteiger partial charge in [0.25, 0.3) is 0 Å². The summed E-state index contributed by atoms with van der Waals surface area (Å²) in [6.07, 6.45) is 6.45. The summed E-state index contributed by atoms with van der Waals surface area (Å²) in [6, 6.07) is 5.48. The lowest BCUT2D eigenvalue weighted by Crippen LogP contribution is -2.08. The molecule has 0 spiro atoms. The molecule has 0 fully saturated rings. The van der Waals surface area contributed by atoms with Gasteiger partial charge in [-0.2, -0.15) is 0 Å². The first-order chi connectivity index (χ1) is 12.6. The minimum atomic E-state index is -0.263. The van der Waals surface area contributed by atoms with E-state index in [0.29, 0.717) is 16.5 Å². The predicted molar refractivity (Wildman–Crippen MR) is 99.6 cm³/mol. The van der Waals surface area contributed by atoms with Gasteiger partial charge in [0.05, 0.1) is 11.4 Å². The second-order valence-corrected chi connectivity index (χ2v) is 6.65. The van der Waals surface area contributed by atoms with Gasteiger partial charge in [-0.1, -0.05) is 11.6 Å². The van der Waals surface area contributed by atoms with Gasteiger partial charge >= 0.3 is 0 Å². The van der Waals surface area contributed by atoms with E-state index in [2.05, 4.69) is 25.8 Å². The number of rotatable bonds is 4. The number of nitrogens with zero attached hydrogens (tertiary/aromatic N) is 6. The molecule has 1 amide bonds. The van der Waals surface area contributed by atoms with E-state index < -0.39 is 0 Å². The summed E-state index contributed by atoms with van der Waals surface area (Å²) in [5.41, 5.74) is 3.12. The zero-order valence-electron chi connectivity index (χ0n) is 13.5. The molecule has 4 rings (SSSR count). The number of fused-ring (bicyclic) bond motifs is 1. The lowest BCUT2D eigenvalue weighted by Gasteiger charge is -2.08. The van der Waals surface area contributed by atoms with E-state index >= 15 is 0 Å². The first kappa shape index (κ1) is 16.4. The number of halogens is 1. The number of hydrogen-bond donors (Lipinski definition) is 1. The average molecular weight is 386 g/mol. The van der Waals surface area contributed by atoms with E-state index in [4.69, 9.17) is 11.6 Å². The van der Waals surface area contributed by atoms with E-state index in [1.807, 2.05) is 35.0 Å². The van der Waals surface area contributed by atoms with Crippen molar-refractivity contribution in [1.82, 2.24) is 29.6 Å². The first-order valence-corrected chi connectivity index (χ1v) is 8.82. The lowest BCUT2D eigenvalue weighted by molar-refractivity contribution is -0.111. The van der Waals surface area contributed by atoms with Crippen LogP contribution in [0.5, 0.6) is 0 Å². The molecule has 130 valence electrons. The van der Waals surface area contributed by atoms with E-state index in [9.17, 15) is 4.79 Å². The van der Waals surface area contributed by atoms with Crippen molar-refractivity contribution in [2.24, 2.45) is 0 Å². The number of amides is 1. The molecule has 0 radical (unpaired) electrons. The largest absolute Gasteiger partial charge is 0.323 e. The molecule has 8 nitrogen and oxygen atoms in total. The Morgan fingerprint density at radius 1 is 1.38 bits per heavy atom. The topological polar surface area (TPSA) is 90.0 Å². The second-order valence-electron chi connectivity index (χ2n) is 5.42. The van der Waals surface area contributed by atoms with Crippen molar-refractivity contribution in [2.75, 3.05) is 5.32 Å². The Kier molecular flexibility index (Phi) is 4.23. The lowest BCUT2D eigenvalue weighted by atomic mass is 10.2. The summed E-state index contributed by atoms with van der Waals surface area (Å²) in [6.45, 7) is 1.92. The monoisotopic (exact) mass is 385 g/mol. The summed E-state index contributed by atoms with van der Waals surface area (Å²) in [5.74, 6) is -0.263. The van der Waals surface area contributed by atoms with Crippen LogP contribution in [0.25, 0.3) is 16.7 Å². The maximum atomic E-state index is 12.2. The fourth-order valence-electron chi connectivity index (χ4n) is 2.53. The van der Waals surface area contributed by atoms with Crippen LogP contribution in [0.4, 0.5) is 5.69 Å². The van der Waals surface area contributed by atoms with Crippen LogP contribution in [0.2, 0.25) is 5.15 Å². The van der Waals surface area contributed by atoms with Gasteiger partial charge in [-0.25, -0.2) is 9.67 Å². The number of tetrazole rings is 1. The molecule has 0 unspecified atom stereocenters. The second kappa shape index (κ2) is 6.70. The Morgan fingerprint density at radius 2 is 2.27 bits per heavy atom. The zero-order valence-corrected chi connectivity index (χ0v) is 15.1. The smallest absolute Gasteiger partial charge is 0.248 e. The number of aryl methyl sites for hydroxylation is 1. The third kappa shape index (κ3) is 3.09. The van der Waals surface area contributed by atoms with Gasteiger partial charge in [-0.15, -0.1) is 16.4 Å². The Balaban J connectivity index is 1.50. The number of carbonyl (C=O) groups excluding carboxylic acids is 1. The predicted octanol–water partition coefficient (Wildman–Crippen LogP) is 2.99. The standard InChI is InChI=1S/C16H12ClN7OS/c1-10-8-11(2-3-12(10)24-9-18-21-22-24)19-14(25)5-4-13-15(17)20-16-23(13)6-7-26-16/h2-9H,1H3,(H,19,25)/b5-4+. The van der Waals surface area contributed by atoms with Gasteiger partial charge in [0, 0.05) is 23.3 Å². The molecule has 1 aromatic carbocycles. The van der Waals surface area contributed by atoms with Gasteiger partial charge in [-0.05, 0) is 47.2 Å². The van der Waals surface area contributed by atoms with Crippen LogP contribution in [0.1, 0.15) is 11.3 Å². The Hall–Kier alpha value is -3.04. The summed E-state index contributed by atoms with van der Waals surface area (Å²) in [7, 11) is 0. The maximum Gasteiger partial charge on any atom is 0.248 e. The van der Waals surface area contributed by atoms with Crippen LogP contribution >= 0.6 is 22.9 Å². The Morgan fingerprint density at radius 3 is 3.04 bits per heavy atom. The highest BCUT2D eigenvalue weighted by molar-refractivity contribution is 7.15. The fourth-order valence-corrected chi connectivity index (χ4v) is 3.53. The van der Waals surface area contributed by atoms with E-state index in [-0.39, 0.29) is 5.91 Å². The number of benzene rings is 1. The van der Waals surface area contributed by atoms with Crippen molar-refractivity contribution >= 4 is 45.6 Å². The highest BCUT2D eigenvalue weighted by Gasteiger charge is 2.09. The molecule has 0 aliphatic heterocycles. The first-order valence-electron chi connectivity index (χ1n) is 7.56. The molecule has 10 heteroatoms. The fraction of sp³-hybridized carbons (Fsp3) is 0.0625. The highest BCUT2D eigenvalue weighted by Crippen LogP contribution is 2.22. The van der Waals surface area contributed by atoms with Crippen molar-refractivity contribution in [3.63, 3.8) is 0 Å². The summed E-state index contributed by atoms with van der Waals surface area (Å²) >= 11 is 7.59. The van der Waals surface area contributed by atoms with Gasteiger partial charge in [0.15, 0.2) is 10.1 Å². The molecule has 0 aliphatic carbocycles. The molecule has 3 heterocycles. The third-order valence-corrected chi connectivity index (χ3v) is 4.74. The van der Waals surface area contributed by atoms with Crippen LogP contribution in [0.3, 0.4) is 0 Å². The van der Waals surface area contributed by atoms with Crippen molar-refractivity contribution < 1.29 is 4.79 Å². The van der Waals surface area contributed by atoms with Crippen LogP contribution in [0.15, 0.2) is 42.2 Å². The zero-order chi connectivity index (χ0) is 18.1. The number of carbonyl (C=O) groups is 1. The summed E-state index contributed by atoms with van der Waals surface area (Å²) < 4.78 is 3.40. The van der Waals surface area contributed by atoms with Gasteiger partial charge in [0.2, 0.25) is 5.91 Å². The molecule has 0 saturated carbocycles. The molecule has 1 N–H and O–H groups in total. The number of aromatic nitrogens is 6. The van der Waals surface area contributed by atoms with Crippen LogP contribution in [0, 0.1) is 6.92 Å². The molecule has 3 aromatic heterocycles. The number of thiazole rings is 1. The molecule has 0 aliphatic rings. The minimum absolute atomic E-state index is 0.263. The molecule has 0 saturated heterocycles. The van der Waals surface area contributed by atoms with Gasteiger partial charge < -0.3 is 5.32 Å². The van der Waals surface area contributed by atoms with Gasteiger partial charge in [0.1, 0.15) is 6.33 Å². The van der Waals surface area contributed by atoms with Crippen molar-refractivity contribution in [3.05, 3.63) is 58.6 Å². The Labute approximate surface area is 156 Å². The summed E-state index contributed by atoms with van der Waals surface area (Å²) in [5, 5.41) is 16.2. The molecular formula is C16H12ClN7OS. The molecule has 26 heavy (non-hydrogen) atoms. The number of anilines is 1. The van der Waals surface area contributed by atoms with E-state index in [1.54, 1.807) is 16.8 Å². The van der Waals surface area contributed by atoms with Gasteiger partial charge in [-0.3, -0.25) is 9.20 Å². The molecule has 4 aromatic rings. The van der Waals surface area contributed by atoms with Crippen molar-refractivity contribution in [2.45, 2.75) is 6.92 Å². The third-order valence-electron chi connectivity index (χ3n) is 3.71.